The summed E-state index contributed by atoms with van der Waals surface area (Å²) in [7, 11) is -3.65. The second-order valence-electron chi connectivity index (χ2n) is 12.2. The zero-order valence-electron chi connectivity index (χ0n) is 28.1. The van der Waals surface area contributed by atoms with Gasteiger partial charge in [-0.05, 0) is 72.0 Å². The maximum Gasteiger partial charge on any atom is 0.490 e. The topological polar surface area (TPSA) is 172 Å². The number of likely N-dealkylation sites (tertiary alicyclic amines) is 1. The van der Waals surface area contributed by atoms with Crippen molar-refractivity contribution in [2.75, 3.05) is 20.2 Å². The molecule has 1 aliphatic heterocycles. The quantitative estimate of drug-likeness (QED) is 0.0799. The average molecular weight is 740 g/mol. The number of methoxy groups -OCH3 is 1. The summed E-state index contributed by atoms with van der Waals surface area (Å²) in [6.45, 7) is 1.57. The predicted molar refractivity (Wildman–Crippen MR) is 185 cm³/mol. The van der Waals surface area contributed by atoms with E-state index in [1.165, 1.54) is 36.3 Å². The molecule has 12 nitrogen and oxygen atoms in total. The number of carbonyl (C=O) groups is 3. The number of fused-ring (bicyclic) bond motifs is 1. The Morgan fingerprint density at radius 2 is 1.73 bits per heavy atom. The first-order chi connectivity index (χ1) is 24.6. The Bertz CT molecular complexity index is 2110. The van der Waals surface area contributed by atoms with Crippen LogP contribution in [0.25, 0.3) is 10.8 Å². The maximum atomic E-state index is 14.6. The van der Waals surface area contributed by atoms with Crippen LogP contribution in [0.15, 0.2) is 89.8 Å². The molecule has 1 aliphatic rings. The molecule has 0 aromatic heterocycles. The Morgan fingerprint density at radius 1 is 1.02 bits per heavy atom. The van der Waals surface area contributed by atoms with Crippen molar-refractivity contribution in [2.24, 2.45) is 5.73 Å². The number of hydrogen-bond donors (Lipinski definition) is 3. The lowest BCUT2D eigenvalue weighted by molar-refractivity contribution is -0.211. The Hall–Kier alpha value is -5.48. The molecule has 1 fully saturated rings. The van der Waals surface area contributed by atoms with Gasteiger partial charge in [0.15, 0.2) is 0 Å². The summed E-state index contributed by atoms with van der Waals surface area (Å²) in [6.07, 6.45) is -8.39. The van der Waals surface area contributed by atoms with Gasteiger partial charge in [0, 0.05) is 25.2 Å². The summed E-state index contributed by atoms with van der Waals surface area (Å²) in [5.41, 5.74) is 8.25. The van der Waals surface area contributed by atoms with Crippen molar-refractivity contribution < 1.29 is 45.4 Å². The fourth-order valence-corrected chi connectivity index (χ4v) is 7.48. The first-order valence-corrected chi connectivity index (χ1v) is 17.5. The number of carbonyl (C=O) groups excluding carboxylic acids is 3. The molecule has 274 valence electrons. The number of nitrogens with one attached hydrogen (secondary N) is 2. The van der Waals surface area contributed by atoms with E-state index in [0.717, 1.165) is 11.1 Å². The van der Waals surface area contributed by atoms with E-state index >= 15 is 0 Å². The molecule has 0 aliphatic carbocycles. The number of esters is 1. The number of nitrogens with zero attached hydrogens (tertiary/aromatic N) is 2. The first-order valence-electron chi connectivity index (χ1n) is 16.0. The molecular formula is C36H36F3N5O7S. The highest BCUT2D eigenvalue weighted by Crippen LogP contribution is 2.32. The molecule has 4 N–H and O–H groups in total. The predicted octanol–water partition coefficient (Wildman–Crippen LogP) is 4.02. The van der Waals surface area contributed by atoms with Gasteiger partial charge >= 0.3 is 12.1 Å². The first kappa shape index (κ1) is 37.8. The summed E-state index contributed by atoms with van der Waals surface area (Å²) < 4.78 is 80.4. The summed E-state index contributed by atoms with van der Waals surface area (Å²) in [5.74, 6) is -4.88. The molecule has 4 aromatic rings. The van der Waals surface area contributed by atoms with Crippen molar-refractivity contribution in [1.29, 1.82) is 5.41 Å². The molecular weight excluding hydrogens is 703 g/mol. The Morgan fingerprint density at radius 3 is 2.40 bits per heavy atom. The Balaban J connectivity index is 1.56. The van der Waals surface area contributed by atoms with Crippen LogP contribution >= 0.6 is 0 Å². The molecule has 16 heteroatoms. The standard InChI is InChI=1S/C36H36F3N5O7S/c1-22-6-8-23(9-7-22)14-16-42-32(45)34(51-35(47)36(37,38)39)44(52(48,49)29-13-11-25-10-12-28(50-2)19-27(25)20-29)30-15-17-43(33(30)46)21-24-4-3-5-26(18-24)31(40)41/h3-13,18-20,30,34H,14-17,21H2,1-2H3,(H3,40,41)(H,42,45)/t30-,34?/m0/s1. The summed E-state index contributed by atoms with van der Waals surface area (Å²) in [5, 5.41) is 11.1. The van der Waals surface area contributed by atoms with Crippen molar-refractivity contribution >= 4 is 44.4 Å². The number of amidine groups is 1. The van der Waals surface area contributed by atoms with Gasteiger partial charge in [0.1, 0.15) is 17.6 Å². The van der Waals surface area contributed by atoms with Crippen LogP contribution in [0.2, 0.25) is 0 Å². The molecule has 52 heavy (non-hydrogen) atoms. The van der Waals surface area contributed by atoms with Crippen LogP contribution in [0.5, 0.6) is 5.75 Å². The lowest BCUT2D eigenvalue weighted by atomic mass is 10.1. The second-order valence-corrected chi connectivity index (χ2v) is 14.0. The highest BCUT2D eigenvalue weighted by atomic mass is 32.2. The minimum atomic E-state index is -5.61. The maximum absolute atomic E-state index is 14.6. The number of halogens is 3. The van der Waals surface area contributed by atoms with Crippen LogP contribution in [0.1, 0.15) is 28.7 Å². The second kappa shape index (κ2) is 15.4. The van der Waals surface area contributed by atoms with Gasteiger partial charge in [0.25, 0.3) is 5.91 Å². The number of nitrogens with two attached hydrogens (primary N) is 1. The van der Waals surface area contributed by atoms with Gasteiger partial charge in [-0.3, -0.25) is 15.0 Å². The number of aryl methyl sites for hydroxylation is 1. The highest BCUT2D eigenvalue weighted by molar-refractivity contribution is 7.89. The fourth-order valence-electron chi connectivity index (χ4n) is 5.80. The summed E-state index contributed by atoms with van der Waals surface area (Å²) >= 11 is 0. The van der Waals surface area contributed by atoms with Crippen LogP contribution in [-0.2, 0) is 42.1 Å². The molecule has 5 rings (SSSR count). The van der Waals surface area contributed by atoms with Gasteiger partial charge < -0.3 is 25.4 Å². The van der Waals surface area contributed by atoms with Gasteiger partial charge in [-0.1, -0.05) is 60.2 Å². The number of sulfonamides is 1. The molecule has 0 spiro atoms. The smallest absolute Gasteiger partial charge is 0.490 e. The van der Waals surface area contributed by atoms with Gasteiger partial charge in [0.05, 0.1) is 12.0 Å². The largest absolute Gasteiger partial charge is 0.497 e. The number of benzene rings is 4. The van der Waals surface area contributed by atoms with Crippen LogP contribution in [0.4, 0.5) is 13.2 Å². The average Bonchev–Trinajstić information content (AvgIpc) is 3.45. The van der Waals surface area contributed by atoms with E-state index in [2.05, 4.69) is 10.1 Å². The van der Waals surface area contributed by atoms with Gasteiger partial charge in [-0.25, -0.2) is 13.2 Å². The lowest BCUT2D eigenvalue weighted by Crippen LogP contribution is -2.58. The number of ether oxygens (including phenoxy) is 2. The third-order valence-corrected chi connectivity index (χ3v) is 10.4. The van der Waals surface area contributed by atoms with Crippen molar-refractivity contribution in [3.05, 3.63) is 107 Å². The van der Waals surface area contributed by atoms with Crippen LogP contribution in [0, 0.1) is 12.3 Å². The van der Waals surface area contributed by atoms with E-state index in [4.69, 9.17) is 15.9 Å². The van der Waals surface area contributed by atoms with Crippen LogP contribution in [-0.4, -0.2) is 79.9 Å². The molecule has 2 amide bonds. The molecule has 2 atom stereocenters. The van der Waals surface area contributed by atoms with Crippen molar-refractivity contribution in [3.8, 4) is 5.75 Å². The molecule has 1 saturated heterocycles. The van der Waals surface area contributed by atoms with Crippen LogP contribution in [0.3, 0.4) is 0 Å². The zero-order chi connectivity index (χ0) is 37.8. The molecule has 4 aromatic carbocycles. The molecule has 1 heterocycles. The third kappa shape index (κ3) is 8.51. The van der Waals surface area contributed by atoms with Gasteiger partial charge in [-0.15, -0.1) is 4.31 Å². The number of amides is 2. The van der Waals surface area contributed by atoms with E-state index in [0.29, 0.717) is 27.6 Å². The summed E-state index contributed by atoms with van der Waals surface area (Å²) in [4.78, 5) is 40.9. The number of rotatable bonds is 13. The van der Waals surface area contributed by atoms with Gasteiger partial charge in [0.2, 0.25) is 22.2 Å². The van der Waals surface area contributed by atoms with E-state index in [1.54, 1.807) is 48.5 Å². The summed E-state index contributed by atoms with van der Waals surface area (Å²) in [6, 6.07) is 20.6. The SMILES string of the molecule is COc1ccc2ccc(S(=O)(=O)N(C(OC(=O)C(F)(F)F)C(=O)NCCc3ccc(C)cc3)[C@H]3CCN(Cc4cccc(C(=N)N)c4)C3=O)cc2c1. The molecule has 0 saturated carbocycles. The lowest BCUT2D eigenvalue weighted by Gasteiger charge is -2.33. The minimum absolute atomic E-state index is 0.0658. The monoisotopic (exact) mass is 739 g/mol. The highest BCUT2D eigenvalue weighted by Gasteiger charge is 2.52. The normalized spacial score (nSPS) is 15.5. The van der Waals surface area contributed by atoms with E-state index < -0.39 is 51.1 Å². The van der Waals surface area contributed by atoms with E-state index in [-0.39, 0.29) is 42.6 Å². The number of alkyl halides is 3. The van der Waals surface area contributed by atoms with Crippen LogP contribution < -0.4 is 15.8 Å². The fraction of sp³-hybridized carbons (Fsp3) is 0.278. The van der Waals surface area contributed by atoms with Crippen molar-refractivity contribution in [2.45, 2.75) is 49.7 Å². The molecule has 1 unspecified atom stereocenters. The number of nitrogen functional groups attached to an aromatic ring is 1. The zero-order valence-corrected chi connectivity index (χ0v) is 29.0. The van der Waals surface area contributed by atoms with E-state index in [1.807, 2.05) is 19.1 Å². The Kier molecular flexibility index (Phi) is 11.2. The minimum Gasteiger partial charge on any atom is -0.497 e. The van der Waals surface area contributed by atoms with Crippen molar-refractivity contribution in [3.63, 3.8) is 0 Å². The van der Waals surface area contributed by atoms with Gasteiger partial charge in [-0.2, -0.15) is 13.2 Å². The third-order valence-electron chi connectivity index (χ3n) is 8.52. The Labute approximate surface area is 297 Å². The van der Waals surface area contributed by atoms with E-state index in [9.17, 15) is 36.0 Å². The molecule has 0 radical (unpaired) electrons. The molecule has 0 bridgehead atoms. The number of hydrogen-bond acceptors (Lipinski definition) is 8. The van der Waals surface area contributed by atoms with Crippen molar-refractivity contribution in [1.82, 2.24) is 14.5 Å².